The molecule has 1 atom stereocenters. The smallest absolute Gasteiger partial charge is 0.228 e. The number of hydrogen-bond donors (Lipinski definition) is 0. The van der Waals surface area contributed by atoms with Crippen molar-refractivity contribution in [3.05, 3.63) is 24.8 Å². The third-order valence-electron chi connectivity index (χ3n) is 10.1. The molecule has 2 saturated carbocycles. The molecule has 2 aromatic rings. The van der Waals surface area contributed by atoms with E-state index in [4.69, 9.17) is 0 Å². The Morgan fingerprint density at radius 1 is 0.833 bits per heavy atom. The average molecular weight is 617 g/mol. The normalized spacial score (nSPS) is 22.9. The number of thioether (sulfide) groups is 1. The SMILES string of the molecule is CCS(=O)c1cnn(C2CCN(C(=O)C3(C)CCC3)CC2)c1.CSc1cnn(C2CCN(C(=O)C3(C)CCC3)CC2)c1. The first kappa shape index (κ1) is 31.3. The molecule has 11 heteroatoms. The van der Waals surface area contributed by atoms with E-state index in [0.717, 1.165) is 82.4 Å². The van der Waals surface area contributed by atoms with Crippen molar-refractivity contribution < 1.29 is 13.8 Å². The fourth-order valence-corrected chi connectivity index (χ4v) is 7.79. The van der Waals surface area contributed by atoms with Crippen LogP contribution in [0.25, 0.3) is 0 Å². The summed E-state index contributed by atoms with van der Waals surface area (Å²) < 4.78 is 15.8. The van der Waals surface area contributed by atoms with E-state index in [1.54, 1.807) is 18.0 Å². The lowest BCUT2D eigenvalue weighted by Crippen LogP contribution is -2.49. The number of likely N-dealkylation sites (tertiary alicyclic amines) is 2. The lowest BCUT2D eigenvalue weighted by Gasteiger charge is -2.43. The molecule has 2 aliphatic carbocycles. The Morgan fingerprint density at radius 3 is 1.67 bits per heavy atom. The van der Waals surface area contributed by atoms with E-state index in [1.807, 2.05) is 28.9 Å². The lowest BCUT2D eigenvalue weighted by molar-refractivity contribution is -0.148. The van der Waals surface area contributed by atoms with Crippen molar-refractivity contribution in [1.82, 2.24) is 29.4 Å². The summed E-state index contributed by atoms with van der Waals surface area (Å²) in [6.45, 7) is 9.53. The second-order valence-electron chi connectivity index (χ2n) is 13.0. The first-order valence-corrected chi connectivity index (χ1v) is 18.3. The minimum Gasteiger partial charge on any atom is -0.342 e. The third-order valence-corrected chi connectivity index (χ3v) is 12.1. The van der Waals surface area contributed by atoms with Crippen molar-refractivity contribution >= 4 is 34.4 Å². The standard InChI is InChI=1S/C16H25N3O2S.C15H23N3OS/c1-3-22(21)14-11-17-19(12-14)13-5-9-18(10-6-13)15(20)16(2)7-4-8-16;1-15(6-3-7-15)14(19)17-8-4-12(5-9-17)18-11-13(20-2)10-16-18/h11-13H,3-10H2,1-2H3;10-12H,3-9H2,1-2H3. The molecule has 4 heterocycles. The van der Waals surface area contributed by atoms with Crippen LogP contribution in [0.15, 0.2) is 34.6 Å². The molecule has 2 aromatic heterocycles. The molecule has 232 valence electrons. The maximum Gasteiger partial charge on any atom is 0.228 e. The van der Waals surface area contributed by atoms with E-state index in [9.17, 15) is 13.8 Å². The Labute approximate surface area is 257 Å². The first-order chi connectivity index (χ1) is 20.2. The van der Waals surface area contributed by atoms with Gasteiger partial charge in [-0.1, -0.05) is 33.6 Å². The van der Waals surface area contributed by atoms with Gasteiger partial charge >= 0.3 is 0 Å². The Kier molecular flexibility index (Phi) is 9.86. The van der Waals surface area contributed by atoms with E-state index in [2.05, 4.69) is 46.1 Å². The fraction of sp³-hybridized carbons (Fsp3) is 0.742. The third kappa shape index (κ3) is 6.66. The Balaban J connectivity index is 0.000000169. The van der Waals surface area contributed by atoms with E-state index < -0.39 is 10.8 Å². The maximum atomic E-state index is 12.5. The molecular weight excluding hydrogens is 569 g/mol. The molecule has 2 aliphatic heterocycles. The molecule has 0 aromatic carbocycles. The van der Waals surface area contributed by atoms with Gasteiger partial charge < -0.3 is 9.80 Å². The van der Waals surface area contributed by atoms with Crippen LogP contribution in [-0.4, -0.2) is 83.6 Å². The van der Waals surface area contributed by atoms with Crippen LogP contribution in [0.4, 0.5) is 0 Å². The summed E-state index contributed by atoms with van der Waals surface area (Å²) >= 11 is 1.73. The molecule has 2 saturated heterocycles. The molecule has 0 bridgehead atoms. The Morgan fingerprint density at radius 2 is 1.29 bits per heavy atom. The van der Waals surface area contributed by atoms with Gasteiger partial charge in [0.05, 0.1) is 40.2 Å². The van der Waals surface area contributed by atoms with Crippen LogP contribution >= 0.6 is 11.8 Å². The zero-order chi connectivity index (χ0) is 29.9. The number of piperidine rings is 2. The van der Waals surface area contributed by atoms with E-state index in [-0.39, 0.29) is 10.8 Å². The van der Waals surface area contributed by atoms with Gasteiger partial charge in [0.1, 0.15) is 0 Å². The largest absolute Gasteiger partial charge is 0.342 e. The minimum absolute atomic E-state index is 0.0510. The van der Waals surface area contributed by atoms with Gasteiger partial charge in [-0.3, -0.25) is 23.2 Å². The quantitative estimate of drug-likeness (QED) is 0.391. The van der Waals surface area contributed by atoms with Crippen LogP contribution in [0.5, 0.6) is 0 Å². The van der Waals surface area contributed by atoms with Crippen LogP contribution in [0.3, 0.4) is 0 Å². The molecule has 0 N–H and O–H groups in total. The van der Waals surface area contributed by atoms with E-state index in [0.29, 0.717) is 29.7 Å². The highest BCUT2D eigenvalue weighted by Crippen LogP contribution is 2.43. The van der Waals surface area contributed by atoms with Crippen LogP contribution in [-0.2, 0) is 20.4 Å². The molecule has 2 amide bonds. The van der Waals surface area contributed by atoms with Crippen molar-refractivity contribution in [1.29, 1.82) is 0 Å². The molecule has 6 rings (SSSR count). The molecule has 4 fully saturated rings. The summed E-state index contributed by atoms with van der Waals surface area (Å²) in [5, 5.41) is 8.82. The number of amides is 2. The number of carbonyl (C=O) groups is 2. The van der Waals surface area contributed by atoms with Crippen molar-refractivity contribution in [2.75, 3.05) is 38.2 Å². The summed E-state index contributed by atoms with van der Waals surface area (Å²) in [7, 11) is -0.942. The van der Waals surface area contributed by atoms with Gasteiger partial charge in [0.25, 0.3) is 0 Å². The Hall–Kier alpha value is -2.14. The molecule has 0 spiro atoms. The average Bonchev–Trinajstić information content (AvgIpc) is 3.69. The zero-order valence-electron chi connectivity index (χ0n) is 25.8. The summed E-state index contributed by atoms with van der Waals surface area (Å²) in [5.74, 6) is 1.34. The molecule has 0 radical (unpaired) electrons. The second kappa shape index (κ2) is 13.2. The maximum absolute atomic E-state index is 12.5. The number of carbonyl (C=O) groups excluding carboxylic acids is 2. The van der Waals surface area contributed by atoms with Crippen LogP contribution < -0.4 is 0 Å². The van der Waals surface area contributed by atoms with Crippen molar-refractivity contribution in [3.8, 4) is 0 Å². The summed E-state index contributed by atoms with van der Waals surface area (Å²) in [5.41, 5.74) is -0.145. The van der Waals surface area contributed by atoms with Crippen LogP contribution in [0.1, 0.15) is 97.1 Å². The van der Waals surface area contributed by atoms with Gasteiger partial charge in [-0.05, 0) is 57.6 Å². The van der Waals surface area contributed by atoms with E-state index >= 15 is 0 Å². The molecule has 42 heavy (non-hydrogen) atoms. The molecule has 9 nitrogen and oxygen atoms in total. The molecular formula is C31H48N6O3S2. The highest BCUT2D eigenvalue weighted by Gasteiger charge is 2.43. The van der Waals surface area contributed by atoms with Crippen molar-refractivity contribution in [3.63, 3.8) is 0 Å². The number of nitrogens with zero attached hydrogens (tertiary/aromatic N) is 6. The van der Waals surface area contributed by atoms with Gasteiger partial charge in [-0.25, -0.2) is 0 Å². The van der Waals surface area contributed by atoms with Crippen molar-refractivity contribution in [2.45, 2.75) is 107 Å². The number of aromatic nitrogens is 4. The van der Waals surface area contributed by atoms with Crippen LogP contribution in [0, 0.1) is 10.8 Å². The molecule has 4 aliphatic rings. The zero-order valence-corrected chi connectivity index (χ0v) is 27.4. The Bertz CT molecular complexity index is 1250. The first-order valence-electron chi connectivity index (χ1n) is 15.8. The monoisotopic (exact) mass is 616 g/mol. The van der Waals surface area contributed by atoms with Gasteiger partial charge in [0, 0.05) is 60.1 Å². The minimum atomic E-state index is -0.942. The van der Waals surface area contributed by atoms with Gasteiger partial charge in [-0.15, -0.1) is 11.8 Å². The summed E-state index contributed by atoms with van der Waals surface area (Å²) in [4.78, 5) is 31.2. The topological polar surface area (TPSA) is 93.3 Å². The van der Waals surface area contributed by atoms with Crippen molar-refractivity contribution in [2.24, 2.45) is 10.8 Å². The predicted molar refractivity (Wildman–Crippen MR) is 167 cm³/mol. The molecule has 1 unspecified atom stereocenters. The van der Waals surface area contributed by atoms with E-state index in [1.165, 1.54) is 17.7 Å². The summed E-state index contributed by atoms with van der Waals surface area (Å²) in [6.07, 6.45) is 20.3. The second-order valence-corrected chi connectivity index (χ2v) is 15.6. The lowest BCUT2D eigenvalue weighted by atomic mass is 9.69. The van der Waals surface area contributed by atoms with Gasteiger partial charge in [0.15, 0.2) is 0 Å². The summed E-state index contributed by atoms with van der Waals surface area (Å²) in [6, 6.07) is 0.773. The number of rotatable bonds is 7. The fourth-order valence-electron chi connectivity index (χ4n) is 6.70. The van der Waals surface area contributed by atoms with Gasteiger partial charge in [0.2, 0.25) is 11.8 Å². The highest BCUT2D eigenvalue weighted by molar-refractivity contribution is 7.98. The predicted octanol–water partition coefficient (Wildman–Crippen LogP) is 5.32. The highest BCUT2D eigenvalue weighted by atomic mass is 32.2. The van der Waals surface area contributed by atoms with Crippen LogP contribution in [0.2, 0.25) is 0 Å². The van der Waals surface area contributed by atoms with Gasteiger partial charge in [-0.2, -0.15) is 10.2 Å². The number of hydrogen-bond acceptors (Lipinski definition) is 6.